The number of likely N-dealkylation sites (N-methyl/N-ethyl adjacent to an activating group) is 1. The average Bonchev–Trinajstić information content (AvgIpc) is 2.19. The molecule has 1 heterocycles. The van der Waals surface area contributed by atoms with E-state index in [0.717, 1.165) is 0 Å². The van der Waals surface area contributed by atoms with E-state index in [0.29, 0.717) is 12.4 Å². The summed E-state index contributed by atoms with van der Waals surface area (Å²) < 4.78 is 4.54. The summed E-state index contributed by atoms with van der Waals surface area (Å²) in [6.45, 7) is 0.782. The maximum Gasteiger partial charge on any atom is 0.319 e. The van der Waals surface area contributed by atoms with Crippen molar-refractivity contribution in [2.45, 2.75) is 6.54 Å². The SMILES string of the molecule is COC(=O)CN(C)Cc1ncccn1. The Kier molecular flexibility index (Phi) is 4.00. The van der Waals surface area contributed by atoms with Gasteiger partial charge in [0.25, 0.3) is 0 Å². The maximum absolute atomic E-state index is 10.9. The number of nitrogens with zero attached hydrogens (tertiary/aromatic N) is 3. The normalized spacial score (nSPS) is 10.2. The molecule has 5 heteroatoms. The van der Waals surface area contributed by atoms with Crippen molar-refractivity contribution in [1.82, 2.24) is 14.9 Å². The number of hydrogen-bond donors (Lipinski definition) is 0. The van der Waals surface area contributed by atoms with Crippen LogP contribution in [0.15, 0.2) is 18.5 Å². The first-order chi connectivity index (χ1) is 6.72. The fourth-order valence-electron chi connectivity index (χ4n) is 0.994. The molecule has 0 aliphatic heterocycles. The van der Waals surface area contributed by atoms with Crippen molar-refractivity contribution in [3.8, 4) is 0 Å². The van der Waals surface area contributed by atoms with Gasteiger partial charge in [0.2, 0.25) is 0 Å². The van der Waals surface area contributed by atoms with Gasteiger partial charge < -0.3 is 4.74 Å². The molecule has 1 aromatic heterocycles. The zero-order valence-corrected chi connectivity index (χ0v) is 8.30. The van der Waals surface area contributed by atoms with E-state index in [9.17, 15) is 4.79 Å². The van der Waals surface area contributed by atoms with E-state index in [1.165, 1.54) is 7.11 Å². The first-order valence-corrected chi connectivity index (χ1v) is 4.23. The van der Waals surface area contributed by atoms with Crippen LogP contribution >= 0.6 is 0 Å². The summed E-state index contributed by atoms with van der Waals surface area (Å²) in [4.78, 5) is 20.8. The number of aromatic nitrogens is 2. The molecule has 14 heavy (non-hydrogen) atoms. The Morgan fingerprint density at radius 3 is 2.71 bits per heavy atom. The van der Waals surface area contributed by atoms with E-state index in [-0.39, 0.29) is 12.5 Å². The second-order valence-corrected chi connectivity index (χ2v) is 2.91. The molecule has 0 aliphatic rings. The van der Waals surface area contributed by atoms with Crippen molar-refractivity contribution in [2.75, 3.05) is 20.7 Å². The molecule has 0 spiro atoms. The number of esters is 1. The molecule has 0 amide bonds. The number of ether oxygens (including phenoxy) is 1. The van der Waals surface area contributed by atoms with E-state index in [2.05, 4.69) is 14.7 Å². The van der Waals surface area contributed by atoms with Crippen LogP contribution in [0.3, 0.4) is 0 Å². The molecule has 0 radical (unpaired) electrons. The van der Waals surface area contributed by atoms with Gasteiger partial charge in [-0.15, -0.1) is 0 Å². The largest absolute Gasteiger partial charge is 0.468 e. The third-order valence-electron chi connectivity index (χ3n) is 1.66. The van der Waals surface area contributed by atoms with Crippen molar-refractivity contribution < 1.29 is 9.53 Å². The van der Waals surface area contributed by atoms with Crippen LogP contribution in [0.2, 0.25) is 0 Å². The summed E-state index contributed by atoms with van der Waals surface area (Å²) in [6.07, 6.45) is 3.35. The predicted molar refractivity (Wildman–Crippen MR) is 50.4 cm³/mol. The predicted octanol–water partition coefficient (Wildman–Crippen LogP) is 0.0814. The number of rotatable bonds is 4. The van der Waals surface area contributed by atoms with Crippen LogP contribution in [-0.4, -0.2) is 41.5 Å². The Balaban J connectivity index is 2.41. The standard InChI is InChI=1S/C9H13N3O2/c1-12(7-9(13)14-2)6-8-10-4-3-5-11-8/h3-5H,6-7H2,1-2H3. The smallest absolute Gasteiger partial charge is 0.319 e. The van der Waals surface area contributed by atoms with Crippen LogP contribution in [0.1, 0.15) is 5.82 Å². The summed E-state index contributed by atoms with van der Waals surface area (Å²) in [6, 6.07) is 1.75. The monoisotopic (exact) mass is 195 g/mol. The van der Waals surface area contributed by atoms with Crippen LogP contribution < -0.4 is 0 Å². The molecule has 0 atom stereocenters. The molecule has 0 fully saturated rings. The molecule has 76 valence electrons. The molecule has 0 unspecified atom stereocenters. The van der Waals surface area contributed by atoms with Crippen molar-refractivity contribution in [1.29, 1.82) is 0 Å². The molecule has 1 rings (SSSR count). The summed E-state index contributed by atoms with van der Waals surface area (Å²) in [5, 5.41) is 0. The fraction of sp³-hybridized carbons (Fsp3) is 0.444. The van der Waals surface area contributed by atoms with Gasteiger partial charge in [-0.1, -0.05) is 0 Å². The topological polar surface area (TPSA) is 55.3 Å². The first kappa shape index (κ1) is 10.6. The Labute approximate surface area is 82.7 Å². The van der Waals surface area contributed by atoms with Gasteiger partial charge >= 0.3 is 5.97 Å². The van der Waals surface area contributed by atoms with E-state index in [1.54, 1.807) is 23.4 Å². The number of carbonyl (C=O) groups excluding carboxylic acids is 1. The Hall–Kier alpha value is -1.49. The highest BCUT2D eigenvalue weighted by atomic mass is 16.5. The van der Waals surface area contributed by atoms with Gasteiger partial charge in [0.05, 0.1) is 20.2 Å². The lowest BCUT2D eigenvalue weighted by molar-refractivity contribution is -0.141. The Bertz CT molecular complexity index is 289. The van der Waals surface area contributed by atoms with E-state index in [1.807, 2.05) is 7.05 Å². The molecule has 0 bridgehead atoms. The number of hydrogen-bond acceptors (Lipinski definition) is 5. The van der Waals surface area contributed by atoms with Crippen LogP contribution in [0.5, 0.6) is 0 Å². The van der Waals surface area contributed by atoms with Crippen molar-refractivity contribution in [3.05, 3.63) is 24.3 Å². The molecule has 0 aromatic carbocycles. The molecule has 5 nitrogen and oxygen atoms in total. The lowest BCUT2D eigenvalue weighted by Gasteiger charge is -2.13. The first-order valence-electron chi connectivity index (χ1n) is 4.23. The minimum Gasteiger partial charge on any atom is -0.468 e. The molecule has 0 N–H and O–H groups in total. The molecule has 0 aliphatic carbocycles. The van der Waals surface area contributed by atoms with Crippen molar-refractivity contribution in [3.63, 3.8) is 0 Å². The summed E-state index contributed by atoms with van der Waals surface area (Å²) in [5.74, 6) is 0.433. The van der Waals surface area contributed by atoms with Crippen LogP contribution in [-0.2, 0) is 16.1 Å². The molecular weight excluding hydrogens is 182 g/mol. The van der Waals surface area contributed by atoms with Crippen molar-refractivity contribution in [2.24, 2.45) is 0 Å². The van der Waals surface area contributed by atoms with Gasteiger partial charge in [0.1, 0.15) is 5.82 Å². The highest BCUT2D eigenvalue weighted by Gasteiger charge is 2.07. The quantitative estimate of drug-likeness (QED) is 0.637. The molecule has 0 saturated carbocycles. The van der Waals surface area contributed by atoms with E-state index >= 15 is 0 Å². The molecular formula is C9H13N3O2. The van der Waals surface area contributed by atoms with E-state index < -0.39 is 0 Å². The second-order valence-electron chi connectivity index (χ2n) is 2.91. The van der Waals surface area contributed by atoms with Crippen LogP contribution in [0.25, 0.3) is 0 Å². The number of carbonyl (C=O) groups is 1. The van der Waals surface area contributed by atoms with Gasteiger partial charge in [-0.05, 0) is 13.1 Å². The average molecular weight is 195 g/mol. The minimum absolute atomic E-state index is 0.245. The summed E-state index contributed by atoms with van der Waals surface area (Å²) in [5.41, 5.74) is 0. The van der Waals surface area contributed by atoms with Gasteiger partial charge in [0.15, 0.2) is 0 Å². The highest BCUT2D eigenvalue weighted by molar-refractivity contribution is 5.71. The second kappa shape index (κ2) is 5.29. The van der Waals surface area contributed by atoms with E-state index in [4.69, 9.17) is 0 Å². The Morgan fingerprint density at radius 2 is 2.14 bits per heavy atom. The van der Waals surface area contributed by atoms with Crippen LogP contribution in [0.4, 0.5) is 0 Å². The maximum atomic E-state index is 10.9. The number of methoxy groups -OCH3 is 1. The lowest BCUT2D eigenvalue weighted by Crippen LogP contribution is -2.27. The third kappa shape index (κ3) is 3.49. The van der Waals surface area contributed by atoms with Crippen molar-refractivity contribution >= 4 is 5.97 Å². The van der Waals surface area contributed by atoms with Gasteiger partial charge in [-0.2, -0.15) is 0 Å². The minimum atomic E-state index is -0.261. The molecule has 0 saturated heterocycles. The summed E-state index contributed by atoms with van der Waals surface area (Å²) in [7, 11) is 3.18. The summed E-state index contributed by atoms with van der Waals surface area (Å²) >= 11 is 0. The zero-order chi connectivity index (χ0) is 10.4. The highest BCUT2D eigenvalue weighted by Crippen LogP contribution is 1.94. The third-order valence-corrected chi connectivity index (χ3v) is 1.66. The molecule has 1 aromatic rings. The van der Waals surface area contributed by atoms with Crippen LogP contribution in [0, 0.1) is 0 Å². The van der Waals surface area contributed by atoms with Gasteiger partial charge in [0, 0.05) is 12.4 Å². The zero-order valence-electron chi connectivity index (χ0n) is 8.30. The van der Waals surface area contributed by atoms with Gasteiger partial charge in [-0.3, -0.25) is 9.69 Å². The fourth-order valence-corrected chi connectivity index (χ4v) is 0.994. The Morgan fingerprint density at radius 1 is 1.50 bits per heavy atom. The lowest BCUT2D eigenvalue weighted by atomic mass is 10.4. The van der Waals surface area contributed by atoms with Gasteiger partial charge in [-0.25, -0.2) is 9.97 Å².